The first kappa shape index (κ1) is 16.1. The molecule has 1 atom stereocenters. The molecule has 120 valence electrons. The van der Waals surface area contributed by atoms with Crippen molar-refractivity contribution in [2.75, 3.05) is 39.9 Å². The first-order valence-electron chi connectivity index (χ1n) is 7.95. The molecular weight excluding hydrogens is 270 g/mol. The van der Waals surface area contributed by atoms with Crippen LogP contribution in [0.25, 0.3) is 0 Å². The van der Waals surface area contributed by atoms with Gasteiger partial charge in [0.05, 0.1) is 6.61 Å². The van der Waals surface area contributed by atoms with Crippen molar-refractivity contribution in [2.24, 2.45) is 5.92 Å². The molecule has 2 saturated heterocycles. The first-order valence-corrected chi connectivity index (χ1v) is 7.95. The molecule has 0 aromatic carbocycles. The summed E-state index contributed by atoms with van der Waals surface area (Å²) in [5.41, 5.74) is 0. The molecule has 0 saturated carbocycles. The molecule has 2 fully saturated rings. The monoisotopic (exact) mass is 297 g/mol. The average Bonchev–Trinajstić information content (AvgIpc) is 2.97. The Labute approximate surface area is 126 Å². The lowest BCUT2D eigenvalue weighted by Crippen LogP contribution is -2.52. The third-order valence-electron chi connectivity index (χ3n) is 4.48. The summed E-state index contributed by atoms with van der Waals surface area (Å²) >= 11 is 0. The predicted molar refractivity (Wildman–Crippen MR) is 80.0 cm³/mol. The van der Waals surface area contributed by atoms with Gasteiger partial charge >= 0.3 is 6.03 Å². The van der Waals surface area contributed by atoms with Crippen LogP contribution < -0.4 is 5.32 Å². The smallest absolute Gasteiger partial charge is 0.318 e. The molecule has 1 N–H and O–H groups in total. The summed E-state index contributed by atoms with van der Waals surface area (Å²) in [6.45, 7) is 5.52. The highest BCUT2D eigenvalue weighted by atomic mass is 16.5. The number of amides is 3. The van der Waals surface area contributed by atoms with Gasteiger partial charge in [0.2, 0.25) is 5.91 Å². The minimum Gasteiger partial charge on any atom is -0.383 e. The van der Waals surface area contributed by atoms with E-state index in [0.29, 0.717) is 25.6 Å². The van der Waals surface area contributed by atoms with Gasteiger partial charge in [-0.25, -0.2) is 4.79 Å². The minimum atomic E-state index is -0.277. The van der Waals surface area contributed by atoms with Crippen LogP contribution in [0.1, 0.15) is 32.6 Å². The number of hydrogen-bond acceptors (Lipinski definition) is 3. The van der Waals surface area contributed by atoms with Crippen LogP contribution in [0.4, 0.5) is 4.79 Å². The largest absolute Gasteiger partial charge is 0.383 e. The Morgan fingerprint density at radius 2 is 1.90 bits per heavy atom. The third kappa shape index (κ3) is 4.09. The fraction of sp³-hybridized carbons (Fsp3) is 0.867. The quantitative estimate of drug-likeness (QED) is 0.790. The summed E-state index contributed by atoms with van der Waals surface area (Å²) in [5.74, 6) is 0.826. The lowest BCUT2D eigenvalue weighted by atomic mass is 9.98. The molecule has 2 aliphatic heterocycles. The molecule has 3 amide bonds. The van der Waals surface area contributed by atoms with Crippen molar-refractivity contribution in [3.05, 3.63) is 0 Å². The highest BCUT2D eigenvalue weighted by molar-refractivity contribution is 5.87. The maximum atomic E-state index is 12.6. The molecule has 0 aromatic heterocycles. The number of urea groups is 1. The Morgan fingerprint density at radius 3 is 2.57 bits per heavy atom. The van der Waals surface area contributed by atoms with Crippen LogP contribution in [0.3, 0.4) is 0 Å². The fourth-order valence-electron chi connectivity index (χ4n) is 3.07. The van der Waals surface area contributed by atoms with Gasteiger partial charge in [-0.15, -0.1) is 0 Å². The van der Waals surface area contributed by atoms with Gasteiger partial charge in [-0.05, 0) is 31.6 Å². The lowest BCUT2D eigenvalue weighted by molar-refractivity contribution is -0.136. The first-order chi connectivity index (χ1) is 10.1. The van der Waals surface area contributed by atoms with E-state index in [9.17, 15) is 9.59 Å². The normalized spacial score (nSPS) is 23.4. The van der Waals surface area contributed by atoms with Gasteiger partial charge in [-0.2, -0.15) is 0 Å². The molecule has 0 unspecified atom stereocenters. The van der Waals surface area contributed by atoms with Crippen LogP contribution in [0.15, 0.2) is 0 Å². The zero-order valence-corrected chi connectivity index (χ0v) is 13.1. The van der Waals surface area contributed by atoms with Crippen LogP contribution in [-0.2, 0) is 9.53 Å². The molecule has 2 aliphatic rings. The van der Waals surface area contributed by atoms with Crippen LogP contribution in [0.2, 0.25) is 0 Å². The van der Waals surface area contributed by atoms with E-state index in [1.165, 1.54) is 0 Å². The van der Waals surface area contributed by atoms with Crippen LogP contribution in [0, 0.1) is 5.92 Å². The van der Waals surface area contributed by atoms with E-state index in [0.717, 1.165) is 38.8 Å². The zero-order chi connectivity index (χ0) is 15.2. The summed E-state index contributed by atoms with van der Waals surface area (Å²) in [7, 11) is 1.60. The summed E-state index contributed by atoms with van der Waals surface area (Å²) in [6, 6.07) is -0.422. The molecule has 0 aromatic rings. The van der Waals surface area contributed by atoms with Crippen LogP contribution in [-0.4, -0.2) is 67.7 Å². The fourth-order valence-corrected chi connectivity index (χ4v) is 3.07. The number of nitrogens with zero attached hydrogens (tertiary/aromatic N) is 2. The Balaban J connectivity index is 1.88. The molecule has 2 rings (SSSR count). The molecule has 6 heteroatoms. The van der Waals surface area contributed by atoms with E-state index >= 15 is 0 Å². The van der Waals surface area contributed by atoms with Crippen molar-refractivity contribution >= 4 is 11.9 Å². The number of nitrogens with one attached hydrogen (secondary N) is 1. The SMILES string of the molecule is COCCNC(=O)N1CCC[C@H]1C(=O)N1CCC(C)CC1. The molecule has 21 heavy (non-hydrogen) atoms. The lowest BCUT2D eigenvalue weighted by Gasteiger charge is -2.34. The molecule has 0 bridgehead atoms. The number of piperidine rings is 1. The average molecular weight is 297 g/mol. The van der Waals surface area contributed by atoms with Crippen molar-refractivity contribution in [2.45, 2.75) is 38.6 Å². The van der Waals surface area contributed by atoms with Gasteiger partial charge in [-0.3, -0.25) is 4.79 Å². The molecule has 0 radical (unpaired) electrons. The number of carbonyl (C=O) groups excluding carboxylic acids is 2. The Kier molecular flexibility index (Phi) is 5.85. The zero-order valence-electron chi connectivity index (χ0n) is 13.1. The van der Waals surface area contributed by atoms with E-state index in [1.54, 1.807) is 12.0 Å². The number of hydrogen-bond donors (Lipinski definition) is 1. The summed E-state index contributed by atoms with van der Waals surface area (Å²) in [4.78, 5) is 28.4. The van der Waals surface area contributed by atoms with Crippen molar-refractivity contribution in [1.29, 1.82) is 0 Å². The second kappa shape index (κ2) is 7.64. The maximum absolute atomic E-state index is 12.6. The second-order valence-electron chi connectivity index (χ2n) is 6.08. The van der Waals surface area contributed by atoms with Gasteiger partial charge < -0.3 is 19.9 Å². The molecule has 0 aliphatic carbocycles. The van der Waals surface area contributed by atoms with Crippen molar-refractivity contribution in [3.8, 4) is 0 Å². The van der Waals surface area contributed by atoms with Crippen molar-refractivity contribution < 1.29 is 14.3 Å². The van der Waals surface area contributed by atoms with E-state index in [1.807, 2.05) is 4.90 Å². The van der Waals surface area contributed by atoms with Gasteiger partial charge in [0.15, 0.2) is 0 Å². The minimum absolute atomic E-state index is 0.126. The highest BCUT2D eigenvalue weighted by Gasteiger charge is 2.37. The van der Waals surface area contributed by atoms with Gasteiger partial charge in [0.1, 0.15) is 6.04 Å². The van der Waals surface area contributed by atoms with Gasteiger partial charge in [0.25, 0.3) is 0 Å². The summed E-state index contributed by atoms with van der Waals surface area (Å²) in [5, 5.41) is 2.81. The van der Waals surface area contributed by atoms with Crippen molar-refractivity contribution in [1.82, 2.24) is 15.1 Å². The number of ether oxygens (including phenoxy) is 1. The predicted octanol–water partition coefficient (Wildman–Crippen LogP) is 1.07. The Hall–Kier alpha value is -1.30. The standard InChI is InChI=1S/C15H27N3O3/c1-12-5-9-17(10-6-12)14(19)13-4-3-8-18(13)15(20)16-7-11-21-2/h12-13H,3-11H2,1-2H3,(H,16,20)/t13-/m0/s1. The summed E-state index contributed by atoms with van der Waals surface area (Å²) in [6.07, 6.45) is 3.82. The Bertz CT molecular complexity index is 367. The maximum Gasteiger partial charge on any atom is 0.318 e. The Morgan fingerprint density at radius 1 is 1.19 bits per heavy atom. The number of carbonyl (C=O) groups is 2. The molecule has 0 spiro atoms. The molecular formula is C15H27N3O3. The van der Waals surface area contributed by atoms with E-state index in [-0.39, 0.29) is 18.0 Å². The van der Waals surface area contributed by atoms with Crippen LogP contribution in [0.5, 0.6) is 0 Å². The summed E-state index contributed by atoms with van der Waals surface area (Å²) < 4.78 is 4.93. The van der Waals surface area contributed by atoms with Gasteiger partial charge in [-0.1, -0.05) is 6.92 Å². The number of methoxy groups -OCH3 is 1. The van der Waals surface area contributed by atoms with Crippen molar-refractivity contribution in [3.63, 3.8) is 0 Å². The van der Waals surface area contributed by atoms with E-state index < -0.39 is 0 Å². The van der Waals surface area contributed by atoms with Gasteiger partial charge in [0, 0.05) is 33.3 Å². The van der Waals surface area contributed by atoms with Crippen LogP contribution >= 0.6 is 0 Å². The number of rotatable bonds is 4. The van der Waals surface area contributed by atoms with E-state index in [2.05, 4.69) is 12.2 Å². The second-order valence-corrected chi connectivity index (χ2v) is 6.08. The molecule has 6 nitrogen and oxygen atoms in total. The molecule has 2 heterocycles. The topological polar surface area (TPSA) is 61.9 Å². The number of likely N-dealkylation sites (tertiary alicyclic amines) is 2. The third-order valence-corrected chi connectivity index (χ3v) is 4.48. The highest BCUT2D eigenvalue weighted by Crippen LogP contribution is 2.23. The van der Waals surface area contributed by atoms with E-state index in [4.69, 9.17) is 4.74 Å².